The predicted octanol–water partition coefficient (Wildman–Crippen LogP) is 3.14. The number of likely N-dealkylation sites (tertiary alicyclic amines) is 1. The van der Waals surface area contributed by atoms with Gasteiger partial charge in [0.05, 0.1) is 0 Å². The first-order valence-corrected chi connectivity index (χ1v) is 7.63. The van der Waals surface area contributed by atoms with E-state index >= 15 is 0 Å². The summed E-state index contributed by atoms with van der Waals surface area (Å²) in [6, 6.07) is 7.47. The molecule has 0 atom stereocenters. The van der Waals surface area contributed by atoms with E-state index in [4.69, 9.17) is 11.6 Å². The van der Waals surface area contributed by atoms with E-state index in [1.807, 2.05) is 24.4 Å². The van der Waals surface area contributed by atoms with Crippen molar-refractivity contribution in [2.24, 2.45) is 0 Å². The Hall–Kier alpha value is -1.32. The van der Waals surface area contributed by atoms with Gasteiger partial charge in [-0.3, -0.25) is 4.79 Å². The molecule has 0 radical (unpaired) electrons. The summed E-state index contributed by atoms with van der Waals surface area (Å²) in [5.74, 6) is 0. The molecule has 20 heavy (non-hydrogen) atoms. The van der Waals surface area contributed by atoms with Crippen molar-refractivity contribution in [2.75, 3.05) is 19.6 Å². The Kier molecular flexibility index (Phi) is 4.08. The van der Waals surface area contributed by atoms with Gasteiger partial charge in [0, 0.05) is 29.7 Å². The van der Waals surface area contributed by atoms with Gasteiger partial charge in [-0.25, -0.2) is 0 Å². The summed E-state index contributed by atoms with van der Waals surface area (Å²) in [6.07, 6.45) is 5.79. The topological polar surface area (TPSA) is 25.2 Å². The van der Waals surface area contributed by atoms with Crippen molar-refractivity contribution in [3.8, 4) is 0 Å². The van der Waals surface area contributed by atoms with Gasteiger partial charge >= 0.3 is 0 Å². The molecule has 1 aliphatic heterocycles. The molecule has 0 aliphatic carbocycles. The summed E-state index contributed by atoms with van der Waals surface area (Å²) in [4.78, 5) is 14.9. The van der Waals surface area contributed by atoms with Crippen LogP contribution in [-0.4, -0.2) is 29.1 Å². The number of fused-ring (bicyclic) bond motifs is 1. The van der Waals surface area contributed by atoms with Gasteiger partial charge in [0.25, 0.3) is 5.56 Å². The molecule has 106 valence electrons. The highest BCUT2D eigenvalue weighted by Crippen LogP contribution is 2.16. The number of nitrogens with zero attached hydrogens (tertiary/aromatic N) is 2. The molecule has 0 N–H and O–H groups in total. The zero-order chi connectivity index (χ0) is 13.9. The third kappa shape index (κ3) is 2.89. The van der Waals surface area contributed by atoms with Crippen LogP contribution in [0.3, 0.4) is 0 Å². The Morgan fingerprint density at radius 1 is 1.05 bits per heavy atom. The SMILES string of the molecule is O=c1c2cc(Cl)ccc2ccn1CCN1CCCCC1. The van der Waals surface area contributed by atoms with Gasteiger partial charge in [-0.15, -0.1) is 0 Å². The van der Waals surface area contributed by atoms with E-state index in [-0.39, 0.29) is 5.56 Å². The van der Waals surface area contributed by atoms with Gasteiger partial charge in [0.1, 0.15) is 0 Å². The normalized spacial score (nSPS) is 16.6. The highest BCUT2D eigenvalue weighted by atomic mass is 35.5. The highest BCUT2D eigenvalue weighted by Gasteiger charge is 2.10. The van der Waals surface area contributed by atoms with Gasteiger partial charge in [0.2, 0.25) is 0 Å². The molecule has 1 saturated heterocycles. The molecule has 2 aromatic rings. The molecule has 0 amide bonds. The molecule has 2 heterocycles. The van der Waals surface area contributed by atoms with Crippen LogP contribution in [0.2, 0.25) is 5.02 Å². The lowest BCUT2D eigenvalue weighted by atomic mass is 10.1. The molecular formula is C16H19ClN2O. The van der Waals surface area contributed by atoms with Crippen LogP contribution < -0.4 is 5.56 Å². The Bertz CT molecular complexity index is 659. The summed E-state index contributed by atoms with van der Waals surface area (Å²) in [5, 5.41) is 2.27. The fraction of sp³-hybridized carbons (Fsp3) is 0.438. The van der Waals surface area contributed by atoms with Gasteiger partial charge < -0.3 is 9.47 Å². The first-order chi connectivity index (χ1) is 9.74. The summed E-state index contributed by atoms with van der Waals surface area (Å²) < 4.78 is 1.80. The van der Waals surface area contributed by atoms with Crippen molar-refractivity contribution in [1.29, 1.82) is 0 Å². The second-order valence-electron chi connectivity index (χ2n) is 5.45. The molecule has 0 unspecified atom stereocenters. The highest BCUT2D eigenvalue weighted by molar-refractivity contribution is 6.31. The maximum absolute atomic E-state index is 12.4. The number of halogens is 1. The van der Waals surface area contributed by atoms with E-state index < -0.39 is 0 Å². The van der Waals surface area contributed by atoms with Crippen LogP contribution in [0.15, 0.2) is 35.3 Å². The van der Waals surface area contributed by atoms with Crippen LogP contribution in [-0.2, 0) is 6.54 Å². The molecular weight excluding hydrogens is 272 g/mol. The summed E-state index contributed by atoms with van der Waals surface area (Å²) in [5.41, 5.74) is 0.0574. The van der Waals surface area contributed by atoms with Crippen LogP contribution in [0.5, 0.6) is 0 Å². The predicted molar refractivity (Wildman–Crippen MR) is 83.5 cm³/mol. The molecule has 0 saturated carbocycles. The third-order valence-corrected chi connectivity index (χ3v) is 4.28. The molecule has 4 heteroatoms. The minimum absolute atomic E-state index is 0.0574. The number of hydrogen-bond donors (Lipinski definition) is 0. The molecule has 1 aromatic heterocycles. The van der Waals surface area contributed by atoms with E-state index in [0.29, 0.717) is 10.4 Å². The first kappa shape index (κ1) is 13.7. The number of piperidine rings is 1. The zero-order valence-electron chi connectivity index (χ0n) is 11.5. The molecule has 1 aromatic carbocycles. The Balaban J connectivity index is 1.81. The Morgan fingerprint density at radius 2 is 1.85 bits per heavy atom. The first-order valence-electron chi connectivity index (χ1n) is 7.25. The standard InChI is InChI=1S/C16H19ClN2O/c17-14-5-4-13-6-9-19(16(20)15(13)12-14)11-10-18-7-2-1-3-8-18/h4-6,9,12H,1-3,7-8,10-11H2. The van der Waals surface area contributed by atoms with E-state index in [0.717, 1.165) is 31.6 Å². The number of rotatable bonds is 3. The lowest BCUT2D eigenvalue weighted by Crippen LogP contribution is -2.34. The average Bonchev–Trinajstić information content (AvgIpc) is 2.48. The van der Waals surface area contributed by atoms with Crippen LogP contribution in [0.25, 0.3) is 10.8 Å². The number of hydrogen-bond acceptors (Lipinski definition) is 2. The van der Waals surface area contributed by atoms with Gasteiger partial charge in [-0.1, -0.05) is 24.1 Å². The van der Waals surface area contributed by atoms with E-state index in [1.54, 1.807) is 10.6 Å². The van der Waals surface area contributed by atoms with Crippen molar-refractivity contribution in [3.63, 3.8) is 0 Å². The molecule has 1 fully saturated rings. The Labute approximate surface area is 123 Å². The fourth-order valence-electron chi connectivity index (χ4n) is 2.86. The minimum Gasteiger partial charge on any atom is -0.314 e. The molecule has 0 bridgehead atoms. The Morgan fingerprint density at radius 3 is 2.65 bits per heavy atom. The zero-order valence-corrected chi connectivity index (χ0v) is 12.3. The number of aromatic nitrogens is 1. The summed E-state index contributed by atoms with van der Waals surface area (Å²) in [6.45, 7) is 4.02. The summed E-state index contributed by atoms with van der Waals surface area (Å²) >= 11 is 5.99. The molecule has 3 rings (SSSR count). The average molecular weight is 291 g/mol. The molecule has 0 spiro atoms. The van der Waals surface area contributed by atoms with Crippen LogP contribution in [0.1, 0.15) is 19.3 Å². The van der Waals surface area contributed by atoms with Crippen molar-refractivity contribution >= 4 is 22.4 Å². The van der Waals surface area contributed by atoms with Crippen LogP contribution in [0.4, 0.5) is 0 Å². The monoisotopic (exact) mass is 290 g/mol. The van der Waals surface area contributed by atoms with Gasteiger partial charge in [-0.05, 0) is 49.5 Å². The van der Waals surface area contributed by atoms with Crippen molar-refractivity contribution in [2.45, 2.75) is 25.8 Å². The summed E-state index contributed by atoms with van der Waals surface area (Å²) in [7, 11) is 0. The van der Waals surface area contributed by atoms with Crippen molar-refractivity contribution in [1.82, 2.24) is 9.47 Å². The molecule has 3 nitrogen and oxygen atoms in total. The smallest absolute Gasteiger partial charge is 0.258 e. The van der Waals surface area contributed by atoms with E-state index in [9.17, 15) is 4.79 Å². The lowest BCUT2D eigenvalue weighted by molar-refractivity contribution is 0.220. The van der Waals surface area contributed by atoms with E-state index in [1.165, 1.54) is 19.3 Å². The van der Waals surface area contributed by atoms with Crippen LogP contribution in [0, 0.1) is 0 Å². The van der Waals surface area contributed by atoms with E-state index in [2.05, 4.69) is 4.90 Å². The lowest BCUT2D eigenvalue weighted by Gasteiger charge is -2.26. The van der Waals surface area contributed by atoms with Crippen molar-refractivity contribution in [3.05, 3.63) is 45.8 Å². The quantitative estimate of drug-likeness (QED) is 0.868. The fourth-order valence-corrected chi connectivity index (χ4v) is 3.03. The largest absolute Gasteiger partial charge is 0.314 e. The second kappa shape index (κ2) is 5.98. The van der Waals surface area contributed by atoms with Crippen LogP contribution >= 0.6 is 11.6 Å². The van der Waals surface area contributed by atoms with Gasteiger partial charge in [-0.2, -0.15) is 0 Å². The number of benzene rings is 1. The second-order valence-corrected chi connectivity index (χ2v) is 5.88. The maximum atomic E-state index is 12.4. The maximum Gasteiger partial charge on any atom is 0.258 e. The molecule has 1 aliphatic rings. The van der Waals surface area contributed by atoms with Gasteiger partial charge in [0.15, 0.2) is 0 Å². The minimum atomic E-state index is 0.0574. The number of pyridine rings is 1. The van der Waals surface area contributed by atoms with Crippen molar-refractivity contribution < 1.29 is 0 Å². The third-order valence-electron chi connectivity index (χ3n) is 4.05.